The van der Waals surface area contributed by atoms with E-state index in [1.54, 1.807) is 0 Å². The van der Waals surface area contributed by atoms with Crippen molar-refractivity contribution in [2.75, 3.05) is 13.2 Å². The summed E-state index contributed by atoms with van der Waals surface area (Å²) in [5.74, 6) is 1.45. The molecule has 1 aromatic carbocycles. The molecule has 5 heteroatoms. The summed E-state index contributed by atoms with van der Waals surface area (Å²) < 4.78 is 5.41. The van der Waals surface area contributed by atoms with E-state index < -0.39 is 0 Å². The van der Waals surface area contributed by atoms with Crippen molar-refractivity contribution < 1.29 is 9.53 Å². The molecule has 0 radical (unpaired) electrons. The molecule has 0 bridgehead atoms. The second-order valence-corrected chi connectivity index (χ2v) is 6.06. The highest BCUT2D eigenvalue weighted by molar-refractivity contribution is 5.85. The quantitative estimate of drug-likeness (QED) is 0.801. The van der Waals surface area contributed by atoms with Gasteiger partial charge in [-0.25, -0.2) is 0 Å². The fraction of sp³-hybridized carbons (Fsp3) is 0.611. The molecule has 1 atom stereocenters. The van der Waals surface area contributed by atoms with E-state index in [0.717, 1.165) is 11.3 Å². The Morgan fingerprint density at radius 1 is 1.26 bits per heavy atom. The number of nitrogens with two attached hydrogens (primary N) is 1. The monoisotopic (exact) mass is 340 g/mol. The van der Waals surface area contributed by atoms with E-state index in [2.05, 4.69) is 5.32 Å². The predicted octanol–water partition coefficient (Wildman–Crippen LogP) is 3.07. The van der Waals surface area contributed by atoms with Crippen molar-refractivity contribution in [2.24, 2.45) is 11.7 Å². The Balaban J connectivity index is 0.00000264. The van der Waals surface area contributed by atoms with Crippen LogP contribution in [-0.2, 0) is 11.2 Å². The van der Waals surface area contributed by atoms with Crippen LogP contribution in [0.2, 0.25) is 0 Å². The maximum absolute atomic E-state index is 12.2. The Morgan fingerprint density at radius 2 is 1.91 bits per heavy atom. The normalized spacial score (nSPS) is 16.3. The molecule has 4 nitrogen and oxygen atoms in total. The Morgan fingerprint density at radius 3 is 2.48 bits per heavy atom. The number of rotatable bonds is 7. The number of benzene rings is 1. The van der Waals surface area contributed by atoms with Crippen LogP contribution >= 0.6 is 12.4 Å². The number of ether oxygens (including phenoxy) is 1. The van der Waals surface area contributed by atoms with Gasteiger partial charge in [-0.15, -0.1) is 12.4 Å². The van der Waals surface area contributed by atoms with Gasteiger partial charge in [-0.3, -0.25) is 4.79 Å². The third kappa shape index (κ3) is 6.40. The molecule has 3 N–H and O–H groups in total. The van der Waals surface area contributed by atoms with Crippen molar-refractivity contribution in [3.05, 3.63) is 29.8 Å². The molecule has 0 spiro atoms. The van der Waals surface area contributed by atoms with Crippen molar-refractivity contribution in [3.63, 3.8) is 0 Å². The van der Waals surface area contributed by atoms with Crippen LogP contribution < -0.4 is 15.8 Å². The van der Waals surface area contributed by atoms with Crippen molar-refractivity contribution in [3.8, 4) is 5.75 Å². The topological polar surface area (TPSA) is 64.3 Å². The summed E-state index contributed by atoms with van der Waals surface area (Å²) in [6, 6.07) is 7.84. The van der Waals surface area contributed by atoms with Gasteiger partial charge in [-0.05, 0) is 43.4 Å². The lowest BCUT2D eigenvalue weighted by Gasteiger charge is -2.30. The zero-order valence-electron chi connectivity index (χ0n) is 13.9. The molecule has 2 rings (SSSR count). The van der Waals surface area contributed by atoms with E-state index in [4.69, 9.17) is 10.5 Å². The van der Waals surface area contributed by atoms with Gasteiger partial charge in [0.1, 0.15) is 5.75 Å². The fourth-order valence-corrected chi connectivity index (χ4v) is 3.22. The average molecular weight is 341 g/mol. The minimum Gasteiger partial charge on any atom is -0.494 e. The number of halogens is 1. The molecule has 1 aliphatic carbocycles. The van der Waals surface area contributed by atoms with Gasteiger partial charge in [0.15, 0.2) is 0 Å². The van der Waals surface area contributed by atoms with E-state index in [9.17, 15) is 4.79 Å². The van der Waals surface area contributed by atoms with Crippen LogP contribution in [0.5, 0.6) is 5.75 Å². The molecule has 1 fully saturated rings. The second-order valence-electron chi connectivity index (χ2n) is 6.06. The summed E-state index contributed by atoms with van der Waals surface area (Å²) in [5, 5.41) is 3.13. The van der Waals surface area contributed by atoms with Gasteiger partial charge < -0.3 is 15.8 Å². The Bertz CT molecular complexity index is 459. The first-order valence-corrected chi connectivity index (χ1v) is 8.44. The lowest BCUT2D eigenvalue weighted by molar-refractivity contribution is -0.121. The molecule has 1 aromatic rings. The van der Waals surface area contributed by atoms with Gasteiger partial charge in [0.2, 0.25) is 5.91 Å². The van der Waals surface area contributed by atoms with Crippen molar-refractivity contribution >= 4 is 18.3 Å². The molecule has 0 saturated heterocycles. The standard InChI is InChI=1S/C18H28N2O2.ClH/c1-2-22-16-10-8-14(9-11-16)12-18(21)20-17(13-19)15-6-4-3-5-7-15;/h8-11,15,17H,2-7,12-13,19H2,1H3,(H,20,21);1H. The third-order valence-corrected chi connectivity index (χ3v) is 4.42. The third-order valence-electron chi connectivity index (χ3n) is 4.42. The second kappa shape index (κ2) is 10.5. The molecule has 1 amide bonds. The summed E-state index contributed by atoms with van der Waals surface area (Å²) in [5.41, 5.74) is 6.87. The highest BCUT2D eigenvalue weighted by Gasteiger charge is 2.23. The maximum atomic E-state index is 12.2. The summed E-state index contributed by atoms with van der Waals surface area (Å²) in [6.45, 7) is 3.14. The van der Waals surface area contributed by atoms with Crippen LogP contribution in [0.25, 0.3) is 0 Å². The molecule has 1 saturated carbocycles. The highest BCUT2D eigenvalue weighted by atomic mass is 35.5. The number of hydrogen-bond acceptors (Lipinski definition) is 3. The molecule has 23 heavy (non-hydrogen) atoms. The van der Waals surface area contributed by atoms with Gasteiger partial charge in [0, 0.05) is 12.6 Å². The van der Waals surface area contributed by atoms with Crippen LogP contribution in [0.3, 0.4) is 0 Å². The Kier molecular flexibility index (Phi) is 9.03. The van der Waals surface area contributed by atoms with Gasteiger partial charge >= 0.3 is 0 Å². The zero-order valence-corrected chi connectivity index (χ0v) is 14.7. The lowest BCUT2D eigenvalue weighted by Crippen LogP contribution is -2.46. The number of hydrogen-bond donors (Lipinski definition) is 2. The smallest absolute Gasteiger partial charge is 0.224 e. The van der Waals surface area contributed by atoms with E-state index in [1.807, 2.05) is 31.2 Å². The summed E-state index contributed by atoms with van der Waals surface area (Å²) >= 11 is 0. The Hall–Kier alpha value is -1.26. The first kappa shape index (κ1) is 19.8. The van der Waals surface area contributed by atoms with E-state index >= 15 is 0 Å². The number of carbonyl (C=O) groups excluding carboxylic acids is 1. The Labute approximate surface area is 145 Å². The van der Waals surface area contributed by atoms with Crippen LogP contribution in [0, 0.1) is 5.92 Å². The summed E-state index contributed by atoms with van der Waals surface area (Å²) in [4.78, 5) is 12.2. The van der Waals surface area contributed by atoms with Crippen LogP contribution in [0.4, 0.5) is 0 Å². The predicted molar refractivity (Wildman–Crippen MR) is 96.1 cm³/mol. The molecule has 130 valence electrons. The van der Waals surface area contributed by atoms with Gasteiger partial charge in [-0.2, -0.15) is 0 Å². The molecular formula is C18H29ClN2O2. The van der Waals surface area contributed by atoms with Crippen LogP contribution in [-0.4, -0.2) is 25.1 Å². The number of amides is 1. The van der Waals surface area contributed by atoms with E-state index in [-0.39, 0.29) is 24.4 Å². The summed E-state index contributed by atoms with van der Waals surface area (Å²) in [7, 11) is 0. The molecule has 1 unspecified atom stereocenters. The van der Waals surface area contributed by atoms with Crippen LogP contribution in [0.1, 0.15) is 44.6 Å². The lowest BCUT2D eigenvalue weighted by atomic mass is 9.84. The highest BCUT2D eigenvalue weighted by Crippen LogP contribution is 2.26. The average Bonchev–Trinajstić information content (AvgIpc) is 2.55. The fourth-order valence-electron chi connectivity index (χ4n) is 3.22. The van der Waals surface area contributed by atoms with Crippen molar-refractivity contribution in [2.45, 2.75) is 51.5 Å². The number of nitrogens with one attached hydrogen (secondary N) is 1. The summed E-state index contributed by atoms with van der Waals surface area (Å²) in [6.07, 6.45) is 6.60. The molecule has 1 aliphatic rings. The van der Waals surface area contributed by atoms with Crippen LogP contribution in [0.15, 0.2) is 24.3 Å². The SMILES string of the molecule is CCOc1ccc(CC(=O)NC(CN)C2CCCCC2)cc1.Cl. The van der Waals surface area contributed by atoms with Crippen molar-refractivity contribution in [1.82, 2.24) is 5.32 Å². The first-order chi connectivity index (χ1) is 10.7. The maximum Gasteiger partial charge on any atom is 0.224 e. The molecule has 0 heterocycles. The van der Waals surface area contributed by atoms with Crippen molar-refractivity contribution in [1.29, 1.82) is 0 Å². The molecular weight excluding hydrogens is 312 g/mol. The molecule has 0 aliphatic heterocycles. The minimum atomic E-state index is 0. The van der Waals surface area contributed by atoms with Gasteiger partial charge in [0.25, 0.3) is 0 Å². The largest absolute Gasteiger partial charge is 0.494 e. The first-order valence-electron chi connectivity index (χ1n) is 8.44. The van der Waals surface area contributed by atoms with Gasteiger partial charge in [0.05, 0.1) is 13.0 Å². The number of carbonyl (C=O) groups is 1. The minimum absolute atomic E-state index is 0. The zero-order chi connectivity index (χ0) is 15.8. The molecule has 0 aromatic heterocycles. The van der Waals surface area contributed by atoms with E-state index in [0.29, 0.717) is 25.5 Å². The van der Waals surface area contributed by atoms with E-state index in [1.165, 1.54) is 32.1 Å². The van der Waals surface area contributed by atoms with Gasteiger partial charge in [-0.1, -0.05) is 31.4 Å².